The molecule has 462 valence electrons. The van der Waals surface area contributed by atoms with Crippen LogP contribution in [0.15, 0.2) is 285 Å². The van der Waals surface area contributed by atoms with Crippen LogP contribution in [0.5, 0.6) is 11.5 Å². The van der Waals surface area contributed by atoms with Crippen molar-refractivity contribution in [2.75, 3.05) is 0 Å². The molecule has 5 heterocycles. The molecule has 0 bridgehead atoms. The second kappa shape index (κ2) is 21.6. The number of hydrogen-bond donors (Lipinski definition) is 0. The molecule has 0 saturated heterocycles. The lowest BCUT2D eigenvalue weighted by Crippen LogP contribution is -2.77. The molecule has 0 amide bonds. The van der Waals surface area contributed by atoms with E-state index >= 15 is 0 Å². The molecule has 3 aromatic heterocycles. The van der Waals surface area contributed by atoms with E-state index in [4.69, 9.17) is 15.2 Å². The summed E-state index contributed by atoms with van der Waals surface area (Å²) in [6.07, 6.45) is 8.10. The Hall–Kier alpha value is -10.9. The zero-order valence-corrected chi connectivity index (χ0v) is 55.5. The molecule has 3 aliphatic rings. The number of para-hydroxylation sites is 1. The van der Waals surface area contributed by atoms with Crippen molar-refractivity contribution in [3.8, 4) is 95.5 Å². The average molecular weight is 1260 g/mol. The molecule has 0 spiro atoms. The zero-order valence-electron chi connectivity index (χ0n) is 64.5. The molecule has 6 heteroatoms. The summed E-state index contributed by atoms with van der Waals surface area (Å²) in [6.45, 7) is 16.1. The summed E-state index contributed by atoms with van der Waals surface area (Å²) >= 11 is 0. The van der Waals surface area contributed by atoms with Gasteiger partial charge in [-0.2, -0.15) is 0 Å². The summed E-state index contributed by atoms with van der Waals surface area (Å²) in [7, 11) is -4.00. The highest BCUT2D eigenvalue weighted by Gasteiger charge is 2.50. The molecule has 1 aliphatic carbocycles. The largest absolute Gasteiger partial charge is 0.458 e. The second-order valence-corrected chi connectivity index (χ2v) is 32.0. The summed E-state index contributed by atoms with van der Waals surface area (Å²) < 4.78 is 108. The Morgan fingerprint density at radius 1 is 0.490 bits per heavy atom. The Bertz CT molecular complexity index is 6220. The van der Waals surface area contributed by atoms with Crippen molar-refractivity contribution < 1.29 is 23.0 Å². The van der Waals surface area contributed by atoms with Gasteiger partial charge >= 0.3 is 0 Å². The molecule has 2 aliphatic heterocycles. The molecule has 96 heavy (non-hydrogen) atoms. The number of pyridine rings is 1. The number of rotatable bonds is 8. The predicted octanol–water partition coefficient (Wildman–Crippen LogP) is 19.6. The van der Waals surface area contributed by atoms with E-state index in [1.165, 1.54) is 16.7 Å². The molecule has 12 aromatic carbocycles. The van der Waals surface area contributed by atoms with Crippen LogP contribution in [0.3, 0.4) is 0 Å². The lowest BCUT2D eigenvalue weighted by Gasteiger charge is -2.42. The molecule has 0 fully saturated rings. The van der Waals surface area contributed by atoms with Crippen LogP contribution >= 0.6 is 0 Å². The SMILES string of the molecule is [2H]c1c([2H])c([2H])c(-c2cccc3c2-[n+]2[c-]n4c5c(c(-c6c([2H])c([2H])c([2H])c([2H])c6[2H])cc(c52)-c2ccccc2-c2ccccc2-3)[Si](c2ccccc2)(c2ccccc2)c2ccc(Oc3ccc5c6cc(-c7ccc8c(c7)C(C)(C)CCC8(C)C)ccc6n(-c6cc(C(C)(C)C)ccn6)c5c3)cc2-4)c([2H])c1[2H]. The fraction of sp³-hybridized carbons (Fsp3) is 0.133. The first-order valence-electron chi connectivity index (χ1n) is 38.1. The summed E-state index contributed by atoms with van der Waals surface area (Å²) in [6, 6.07) is 70.6. The van der Waals surface area contributed by atoms with Gasteiger partial charge in [-0.1, -0.05) is 273 Å². The van der Waals surface area contributed by atoms with Crippen molar-refractivity contribution in [3.05, 3.63) is 308 Å². The van der Waals surface area contributed by atoms with E-state index in [1.54, 1.807) is 6.07 Å². The molecule has 0 N–H and O–H groups in total. The van der Waals surface area contributed by atoms with Gasteiger partial charge in [0, 0.05) is 23.0 Å². The van der Waals surface area contributed by atoms with E-state index < -0.39 is 44.3 Å². The van der Waals surface area contributed by atoms with Gasteiger partial charge in [-0.05, 0) is 182 Å². The Morgan fingerprint density at radius 3 is 1.74 bits per heavy atom. The van der Waals surface area contributed by atoms with Crippen molar-refractivity contribution in [3.63, 3.8) is 0 Å². The Balaban J connectivity index is 0.948. The van der Waals surface area contributed by atoms with E-state index in [1.807, 2.05) is 118 Å². The number of imidazole rings is 1. The van der Waals surface area contributed by atoms with Crippen LogP contribution in [-0.4, -0.2) is 22.2 Å². The molecule has 18 rings (SSSR count). The van der Waals surface area contributed by atoms with Crippen LogP contribution in [0.25, 0.3) is 117 Å². The number of nitrogens with zero attached hydrogens (tertiary/aromatic N) is 4. The maximum absolute atomic E-state index is 10.1. The third-order valence-corrected chi connectivity index (χ3v) is 25.7. The molecule has 15 aromatic rings. The third kappa shape index (κ3) is 8.81. The van der Waals surface area contributed by atoms with Crippen LogP contribution in [0.2, 0.25) is 0 Å². The normalized spacial score (nSPS) is 16.0. The minimum atomic E-state index is -4.00. The maximum Gasteiger partial charge on any atom is 0.269 e. The molecular weight excluding hydrogens is 1180 g/mol. The van der Waals surface area contributed by atoms with Gasteiger partial charge in [0.1, 0.15) is 17.3 Å². The highest BCUT2D eigenvalue weighted by Crippen LogP contribution is 2.50. The fourth-order valence-electron chi connectivity index (χ4n) is 16.1. The Morgan fingerprint density at radius 2 is 1.06 bits per heavy atom. The quantitative estimate of drug-likeness (QED) is 0.0863. The molecule has 5 nitrogen and oxygen atoms in total. The van der Waals surface area contributed by atoms with E-state index in [2.05, 4.69) is 169 Å². The van der Waals surface area contributed by atoms with Crippen LogP contribution in [-0.2, 0) is 16.2 Å². The zero-order chi connectivity index (χ0) is 73.5. The van der Waals surface area contributed by atoms with Gasteiger partial charge in [-0.3, -0.25) is 13.7 Å². The fourth-order valence-corrected chi connectivity index (χ4v) is 21.3. The Labute approximate surface area is 576 Å². The first-order chi connectivity index (χ1) is 50.9. The number of benzene rings is 12. The van der Waals surface area contributed by atoms with Gasteiger partial charge < -0.3 is 4.74 Å². The highest BCUT2D eigenvalue weighted by molar-refractivity contribution is 7.22. The van der Waals surface area contributed by atoms with Crippen molar-refractivity contribution in [1.29, 1.82) is 0 Å². The van der Waals surface area contributed by atoms with Crippen molar-refractivity contribution >= 4 is 61.7 Å². The number of ether oxygens (including phenoxy) is 1. The van der Waals surface area contributed by atoms with Crippen LogP contribution in [0.1, 0.15) is 91.7 Å². The van der Waals surface area contributed by atoms with E-state index in [0.717, 1.165) is 94.6 Å². The summed E-state index contributed by atoms with van der Waals surface area (Å²) in [5.41, 5.74) is 15.8. The molecule has 0 radical (unpaired) electrons. The summed E-state index contributed by atoms with van der Waals surface area (Å²) in [5, 5.41) is 5.58. The maximum atomic E-state index is 10.1. The van der Waals surface area contributed by atoms with E-state index in [9.17, 15) is 8.22 Å². The minimum absolute atomic E-state index is 0.00321. The van der Waals surface area contributed by atoms with Crippen LogP contribution in [0, 0.1) is 6.33 Å². The molecule has 0 atom stereocenters. The minimum Gasteiger partial charge on any atom is -0.458 e. The summed E-state index contributed by atoms with van der Waals surface area (Å²) in [5.74, 6) is 1.83. The number of fused-ring (bicyclic) bond motifs is 13. The van der Waals surface area contributed by atoms with Crippen molar-refractivity contribution in [2.24, 2.45) is 0 Å². The van der Waals surface area contributed by atoms with Gasteiger partial charge in [0.25, 0.3) is 6.33 Å². The Kier molecular flexibility index (Phi) is 10.7. The molecule has 0 saturated carbocycles. The topological polar surface area (TPSA) is 35.9 Å². The van der Waals surface area contributed by atoms with E-state index in [-0.39, 0.29) is 51.5 Å². The smallest absolute Gasteiger partial charge is 0.269 e. The van der Waals surface area contributed by atoms with Gasteiger partial charge in [-0.25, -0.2) is 4.98 Å². The lowest BCUT2D eigenvalue weighted by molar-refractivity contribution is -0.570. The van der Waals surface area contributed by atoms with Gasteiger partial charge in [0.15, 0.2) is 8.07 Å². The average Bonchev–Trinajstić information content (AvgIpc) is 1.41. The first kappa shape index (κ1) is 47.9. The summed E-state index contributed by atoms with van der Waals surface area (Å²) in [4.78, 5) is 5.11. The van der Waals surface area contributed by atoms with Gasteiger partial charge in [0.05, 0.1) is 47.1 Å². The molecular formula is C90H72N4OSi. The van der Waals surface area contributed by atoms with Gasteiger partial charge in [0.2, 0.25) is 0 Å². The highest BCUT2D eigenvalue weighted by atomic mass is 28.3. The van der Waals surface area contributed by atoms with Crippen LogP contribution < -0.4 is 30.1 Å². The van der Waals surface area contributed by atoms with Crippen LogP contribution in [0.4, 0.5) is 0 Å². The number of hydrogen-bond acceptors (Lipinski definition) is 2. The molecule has 0 unspecified atom stereocenters. The lowest BCUT2D eigenvalue weighted by atomic mass is 9.63. The third-order valence-electron chi connectivity index (χ3n) is 20.8. The monoisotopic (exact) mass is 1260 g/mol. The first-order valence-corrected chi connectivity index (χ1v) is 35.1. The van der Waals surface area contributed by atoms with Crippen molar-refractivity contribution in [2.45, 2.75) is 77.6 Å². The van der Waals surface area contributed by atoms with E-state index in [0.29, 0.717) is 56.2 Å². The van der Waals surface area contributed by atoms with Gasteiger partial charge in [-0.15, -0.1) is 0 Å². The predicted molar refractivity (Wildman–Crippen MR) is 400 cm³/mol. The standard InChI is InChI=1S/C90H72N4OSi/c1-88(2,3)62-47-50-91-83(53-62)94-79-45-40-60(61-39-44-77-78(52-61)90(6,7)49-48-89(77,4)5)51-75(79)72-43-41-63(54-80(72)94)95-64-42-46-82-81(55-64)92-57-93-84-67(58-25-12-8-13-26-58)37-24-38-73(84)70-35-22-20-33-68(70)69-34-21-23-36-71(69)76-56-74(59-27-14-9-15-28-59)87(86(92)85(76)93)96(82,65-29-16-10-17-30-65)66-31-18-11-19-32-66/h8-47,50-56H,48-49H2,1-7H3/i8D,9D,12D,13D,14D,15D,25D,26D,27D,28D. The second-order valence-electron chi connectivity index (χ2n) is 28.3. The number of aromatic nitrogens is 4. The van der Waals surface area contributed by atoms with Crippen molar-refractivity contribution in [1.82, 2.24) is 14.1 Å².